The lowest BCUT2D eigenvalue weighted by Gasteiger charge is -2.47. The molecule has 164 valence electrons. The number of nitrogens with one attached hydrogen (secondary N) is 1. The number of anilines is 1. The minimum absolute atomic E-state index is 0.00946. The minimum atomic E-state index is -0.773. The molecule has 2 aliphatic heterocycles. The molecule has 0 aliphatic carbocycles. The van der Waals surface area contributed by atoms with Crippen molar-refractivity contribution in [1.29, 1.82) is 0 Å². The molecule has 1 amide bonds. The third-order valence-electron chi connectivity index (χ3n) is 6.38. The fraction of sp³-hybridized carbons (Fsp3) is 0.296. The average molecular weight is 429 g/mol. The molecule has 0 radical (unpaired) electrons. The first-order chi connectivity index (χ1) is 15.6. The molecule has 2 unspecified atom stereocenters. The number of benzene rings is 3. The van der Waals surface area contributed by atoms with Gasteiger partial charge in [-0.2, -0.15) is 0 Å². The number of rotatable bonds is 6. The van der Waals surface area contributed by atoms with Gasteiger partial charge in [-0.05, 0) is 43.5 Å². The summed E-state index contributed by atoms with van der Waals surface area (Å²) in [7, 11) is 0. The molecular formula is C27H28N2O3. The number of para-hydroxylation sites is 2. The van der Waals surface area contributed by atoms with E-state index in [2.05, 4.69) is 12.2 Å². The van der Waals surface area contributed by atoms with Gasteiger partial charge in [-0.1, -0.05) is 60.7 Å². The van der Waals surface area contributed by atoms with Gasteiger partial charge in [0, 0.05) is 24.4 Å². The largest absolute Gasteiger partial charge is 0.488 e. The molecule has 5 rings (SSSR count). The maximum absolute atomic E-state index is 13.7. The summed E-state index contributed by atoms with van der Waals surface area (Å²) in [6, 6.07) is 25.8. The molecule has 3 aromatic carbocycles. The van der Waals surface area contributed by atoms with Crippen LogP contribution in [-0.4, -0.2) is 30.1 Å². The normalized spacial score (nSPS) is 22.3. The number of carbonyl (C=O) groups excluding carboxylic acids is 1. The molecule has 1 fully saturated rings. The molecule has 1 N–H and O–H groups in total. The van der Waals surface area contributed by atoms with Crippen LogP contribution < -0.4 is 10.1 Å². The zero-order chi connectivity index (χ0) is 22.0. The fourth-order valence-electron chi connectivity index (χ4n) is 4.66. The highest BCUT2D eigenvalue weighted by atomic mass is 16.5. The Hall–Kier alpha value is -3.31. The van der Waals surface area contributed by atoms with Crippen LogP contribution in [0.15, 0.2) is 78.9 Å². The van der Waals surface area contributed by atoms with Crippen molar-refractivity contribution in [3.63, 3.8) is 0 Å². The maximum Gasteiger partial charge on any atom is 0.258 e. The summed E-state index contributed by atoms with van der Waals surface area (Å²) in [6.07, 6.45) is 2.04. The standard InChI is InChI=1S/C27H28N2O3/c1-27(23-14-6-8-16-25(23)32-19-20-10-3-2-4-11-20)28-24-15-7-5-13-22(24)26(30)29(27)18-21-12-9-17-31-21/h2-8,10-11,13-16,21,28H,9,12,17-19H2,1H3. The van der Waals surface area contributed by atoms with Gasteiger partial charge in [0.15, 0.2) is 0 Å². The van der Waals surface area contributed by atoms with Gasteiger partial charge >= 0.3 is 0 Å². The molecular weight excluding hydrogens is 400 g/mol. The molecule has 0 spiro atoms. The molecule has 2 aliphatic rings. The van der Waals surface area contributed by atoms with Crippen LogP contribution in [0.2, 0.25) is 0 Å². The minimum Gasteiger partial charge on any atom is -0.488 e. The third-order valence-corrected chi connectivity index (χ3v) is 6.38. The number of hydrogen-bond acceptors (Lipinski definition) is 4. The van der Waals surface area contributed by atoms with E-state index >= 15 is 0 Å². The highest BCUT2D eigenvalue weighted by Crippen LogP contribution is 2.42. The Morgan fingerprint density at radius 2 is 1.78 bits per heavy atom. The van der Waals surface area contributed by atoms with Crippen molar-refractivity contribution < 1.29 is 14.3 Å². The first-order valence-electron chi connectivity index (χ1n) is 11.2. The van der Waals surface area contributed by atoms with Crippen LogP contribution in [-0.2, 0) is 17.0 Å². The summed E-state index contributed by atoms with van der Waals surface area (Å²) in [4.78, 5) is 15.6. The van der Waals surface area contributed by atoms with E-state index in [0.717, 1.165) is 42.0 Å². The Morgan fingerprint density at radius 3 is 2.59 bits per heavy atom. The van der Waals surface area contributed by atoms with Crippen molar-refractivity contribution in [2.75, 3.05) is 18.5 Å². The number of fused-ring (bicyclic) bond motifs is 1. The van der Waals surface area contributed by atoms with Crippen LogP contribution in [0.1, 0.15) is 41.3 Å². The summed E-state index contributed by atoms with van der Waals surface area (Å²) in [5.74, 6) is 0.770. The lowest BCUT2D eigenvalue weighted by molar-refractivity contribution is 0.0236. The van der Waals surface area contributed by atoms with E-state index in [-0.39, 0.29) is 12.0 Å². The van der Waals surface area contributed by atoms with Crippen molar-refractivity contribution in [1.82, 2.24) is 4.90 Å². The molecule has 2 atom stereocenters. The van der Waals surface area contributed by atoms with Crippen molar-refractivity contribution in [2.45, 2.75) is 38.1 Å². The zero-order valence-corrected chi connectivity index (χ0v) is 18.3. The lowest BCUT2D eigenvalue weighted by Crippen LogP contribution is -2.57. The summed E-state index contributed by atoms with van der Waals surface area (Å²) in [6.45, 7) is 3.80. The Balaban J connectivity index is 1.52. The van der Waals surface area contributed by atoms with Gasteiger partial charge in [0.1, 0.15) is 18.0 Å². The van der Waals surface area contributed by atoms with Crippen LogP contribution in [0.25, 0.3) is 0 Å². The maximum atomic E-state index is 13.7. The predicted octanol–water partition coefficient (Wildman–Crippen LogP) is 5.19. The molecule has 5 nitrogen and oxygen atoms in total. The van der Waals surface area contributed by atoms with E-state index in [9.17, 15) is 4.79 Å². The van der Waals surface area contributed by atoms with Gasteiger partial charge in [0.05, 0.1) is 11.7 Å². The number of carbonyl (C=O) groups is 1. The van der Waals surface area contributed by atoms with Gasteiger partial charge in [-0.25, -0.2) is 0 Å². The van der Waals surface area contributed by atoms with E-state index in [1.54, 1.807) is 0 Å². The smallest absolute Gasteiger partial charge is 0.258 e. The summed E-state index contributed by atoms with van der Waals surface area (Å²) < 4.78 is 12.2. The first kappa shape index (κ1) is 20.6. The van der Waals surface area contributed by atoms with Crippen LogP contribution in [0.4, 0.5) is 5.69 Å². The Bertz CT molecular complexity index is 1090. The second-order valence-corrected chi connectivity index (χ2v) is 8.56. The molecule has 1 saturated heterocycles. The molecule has 5 heteroatoms. The number of ether oxygens (including phenoxy) is 2. The van der Waals surface area contributed by atoms with Crippen molar-refractivity contribution in [3.05, 3.63) is 95.6 Å². The van der Waals surface area contributed by atoms with E-state index in [0.29, 0.717) is 18.7 Å². The number of nitrogens with zero attached hydrogens (tertiary/aromatic N) is 1. The van der Waals surface area contributed by atoms with Gasteiger partial charge < -0.3 is 19.7 Å². The predicted molar refractivity (Wildman–Crippen MR) is 125 cm³/mol. The van der Waals surface area contributed by atoms with Crippen LogP contribution in [0.3, 0.4) is 0 Å². The van der Waals surface area contributed by atoms with Gasteiger partial charge in [0.2, 0.25) is 0 Å². The second kappa shape index (κ2) is 8.67. The Morgan fingerprint density at radius 1 is 1.03 bits per heavy atom. The van der Waals surface area contributed by atoms with E-state index in [4.69, 9.17) is 9.47 Å². The van der Waals surface area contributed by atoms with Gasteiger partial charge in [-0.15, -0.1) is 0 Å². The molecule has 0 bridgehead atoms. The summed E-state index contributed by atoms with van der Waals surface area (Å²) in [5.41, 5.74) is 2.77. The van der Waals surface area contributed by atoms with Crippen LogP contribution in [0, 0.1) is 0 Å². The highest BCUT2D eigenvalue weighted by molar-refractivity contribution is 6.02. The van der Waals surface area contributed by atoms with E-state index in [1.807, 2.05) is 83.8 Å². The number of amides is 1. The second-order valence-electron chi connectivity index (χ2n) is 8.56. The van der Waals surface area contributed by atoms with Crippen molar-refractivity contribution in [2.24, 2.45) is 0 Å². The van der Waals surface area contributed by atoms with E-state index < -0.39 is 5.66 Å². The lowest BCUT2D eigenvalue weighted by atomic mass is 9.92. The fourth-order valence-corrected chi connectivity index (χ4v) is 4.66. The molecule has 2 heterocycles. The SMILES string of the molecule is CC1(c2ccccc2OCc2ccccc2)Nc2ccccc2C(=O)N1CC1CCCO1. The zero-order valence-electron chi connectivity index (χ0n) is 18.3. The van der Waals surface area contributed by atoms with Crippen molar-refractivity contribution >= 4 is 11.6 Å². The third kappa shape index (κ3) is 3.84. The van der Waals surface area contributed by atoms with E-state index in [1.165, 1.54) is 0 Å². The van der Waals surface area contributed by atoms with Crippen LogP contribution in [0.5, 0.6) is 5.75 Å². The quantitative estimate of drug-likeness (QED) is 0.587. The van der Waals surface area contributed by atoms with Gasteiger partial charge in [-0.3, -0.25) is 4.79 Å². The van der Waals surface area contributed by atoms with Gasteiger partial charge in [0.25, 0.3) is 5.91 Å². The topological polar surface area (TPSA) is 50.8 Å². The molecule has 3 aromatic rings. The monoisotopic (exact) mass is 428 g/mol. The Labute approximate surface area is 189 Å². The summed E-state index contributed by atoms with van der Waals surface area (Å²) >= 11 is 0. The molecule has 0 aromatic heterocycles. The number of hydrogen-bond donors (Lipinski definition) is 1. The van der Waals surface area contributed by atoms with Crippen molar-refractivity contribution in [3.8, 4) is 5.75 Å². The van der Waals surface area contributed by atoms with Crippen LogP contribution >= 0.6 is 0 Å². The average Bonchev–Trinajstić information content (AvgIpc) is 3.35. The Kier molecular flexibility index (Phi) is 5.58. The highest BCUT2D eigenvalue weighted by Gasteiger charge is 2.45. The summed E-state index contributed by atoms with van der Waals surface area (Å²) in [5, 5.41) is 3.65. The first-order valence-corrected chi connectivity index (χ1v) is 11.2. The molecule has 0 saturated carbocycles. The molecule has 32 heavy (non-hydrogen) atoms.